The SMILES string of the molecule is O=C(O)CC(C(=O)O)C(C(=O)O)[PH](=O)O. The lowest BCUT2D eigenvalue weighted by molar-refractivity contribution is -0.151. The molecule has 0 aromatic rings. The van der Waals surface area contributed by atoms with Crippen LogP contribution in [0.15, 0.2) is 0 Å². The lowest BCUT2D eigenvalue weighted by atomic mass is 10.0. The van der Waals surface area contributed by atoms with Gasteiger partial charge in [-0.2, -0.15) is 0 Å². The number of rotatable bonds is 6. The van der Waals surface area contributed by atoms with Gasteiger partial charge in [-0.3, -0.25) is 18.9 Å². The smallest absolute Gasteiger partial charge is 0.316 e. The van der Waals surface area contributed by atoms with Gasteiger partial charge in [0.05, 0.1) is 12.3 Å². The third-order valence-electron chi connectivity index (χ3n) is 1.65. The number of carboxylic acid groups (broad SMARTS) is 3. The molecule has 0 aromatic heterocycles. The molecule has 0 aliphatic carbocycles. The molecule has 8 nitrogen and oxygen atoms in total. The summed E-state index contributed by atoms with van der Waals surface area (Å²) < 4.78 is 10.6. The molecule has 4 N–H and O–H groups in total. The van der Waals surface area contributed by atoms with Gasteiger partial charge in [0.2, 0.25) is 8.03 Å². The second-order valence-corrected chi connectivity index (χ2v) is 4.00. The Bertz CT molecular complexity index is 296. The van der Waals surface area contributed by atoms with Crippen molar-refractivity contribution in [2.24, 2.45) is 5.92 Å². The summed E-state index contributed by atoms with van der Waals surface area (Å²) in [5, 5.41) is 25.3. The summed E-state index contributed by atoms with van der Waals surface area (Å²) in [6, 6.07) is 0. The van der Waals surface area contributed by atoms with E-state index in [0.717, 1.165) is 0 Å². The van der Waals surface area contributed by atoms with E-state index in [1.165, 1.54) is 0 Å². The lowest BCUT2D eigenvalue weighted by Gasteiger charge is -2.15. The molecule has 0 aliphatic rings. The molecule has 86 valence electrons. The van der Waals surface area contributed by atoms with Gasteiger partial charge in [0.1, 0.15) is 5.66 Å². The van der Waals surface area contributed by atoms with E-state index in [2.05, 4.69) is 0 Å². The van der Waals surface area contributed by atoms with Crippen molar-refractivity contribution in [1.82, 2.24) is 0 Å². The van der Waals surface area contributed by atoms with Gasteiger partial charge >= 0.3 is 17.9 Å². The molecule has 0 rings (SSSR count). The van der Waals surface area contributed by atoms with Crippen LogP contribution in [-0.2, 0) is 18.9 Å². The van der Waals surface area contributed by atoms with E-state index in [4.69, 9.17) is 20.2 Å². The highest BCUT2D eigenvalue weighted by Gasteiger charge is 2.39. The molecule has 0 heterocycles. The van der Waals surface area contributed by atoms with Crippen LogP contribution < -0.4 is 0 Å². The van der Waals surface area contributed by atoms with Crippen molar-refractivity contribution in [3.05, 3.63) is 0 Å². The standard InChI is InChI=1S/C6H9O8P/c7-3(8)1-2(5(9)10)4(6(11)12)15(13)14/h2,4,15H,1H2,(H,7,8)(H,9,10)(H,11,12)(H,13,14). The van der Waals surface area contributed by atoms with Crippen molar-refractivity contribution in [1.29, 1.82) is 0 Å². The maximum absolute atomic E-state index is 10.6. The molecule has 0 saturated heterocycles. The maximum atomic E-state index is 10.6. The van der Waals surface area contributed by atoms with E-state index in [1.807, 2.05) is 0 Å². The highest BCUT2D eigenvalue weighted by atomic mass is 31.1. The first kappa shape index (κ1) is 13.6. The van der Waals surface area contributed by atoms with Crippen molar-refractivity contribution in [2.75, 3.05) is 0 Å². The third kappa shape index (κ3) is 4.09. The van der Waals surface area contributed by atoms with Gasteiger partial charge < -0.3 is 20.2 Å². The van der Waals surface area contributed by atoms with Crippen LogP contribution in [0.2, 0.25) is 0 Å². The third-order valence-corrected chi connectivity index (χ3v) is 2.83. The predicted octanol–water partition coefficient (Wildman–Crippen LogP) is -0.918. The maximum Gasteiger partial charge on any atom is 0.316 e. The Morgan fingerprint density at radius 3 is 1.73 bits per heavy atom. The zero-order chi connectivity index (χ0) is 12.2. The van der Waals surface area contributed by atoms with Crippen molar-refractivity contribution >= 4 is 25.9 Å². The second-order valence-electron chi connectivity index (χ2n) is 2.70. The van der Waals surface area contributed by atoms with E-state index >= 15 is 0 Å². The minimum Gasteiger partial charge on any atom is -0.481 e. The number of carbonyl (C=O) groups is 3. The molecule has 0 radical (unpaired) electrons. The van der Waals surface area contributed by atoms with Gasteiger partial charge in [-0.25, -0.2) is 0 Å². The Morgan fingerprint density at radius 1 is 1.07 bits per heavy atom. The highest BCUT2D eigenvalue weighted by Crippen LogP contribution is 2.31. The molecule has 0 spiro atoms. The van der Waals surface area contributed by atoms with Crippen LogP contribution >= 0.6 is 8.03 Å². The van der Waals surface area contributed by atoms with E-state index in [1.54, 1.807) is 0 Å². The van der Waals surface area contributed by atoms with Crippen molar-refractivity contribution in [3.8, 4) is 0 Å². The van der Waals surface area contributed by atoms with Gasteiger partial charge in [-0.05, 0) is 0 Å². The molecule has 0 amide bonds. The van der Waals surface area contributed by atoms with Crippen LogP contribution in [0.25, 0.3) is 0 Å². The van der Waals surface area contributed by atoms with E-state index in [0.29, 0.717) is 0 Å². The monoisotopic (exact) mass is 240 g/mol. The summed E-state index contributed by atoms with van der Waals surface area (Å²) in [4.78, 5) is 39.9. The summed E-state index contributed by atoms with van der Waals surface area (Å²) >= 11 is 0. The van der Waals surface area contributed by atoms with Crippen molar-refractivity contribution in [2.45, 2.75) is 12.1 Å². The molecule has 0 aromatic carbocycles. The Balaban J connectivity index is 5.01. The summed E-state index contributed by atoms with van der Waals surface area (Å²) in [7, 11) is -3.65. The fourth-order valence-electron chi connectivity index (χ4n) is 0.986. The minimum absolute atomic E-state index is 1.01. The van der Waals surface area contributed by atoms with E-state index < -0.39 is 43.9 Å². The van der Waals surface area contributed by atoms with Gasteiger partial charge in [0.25, 0.3) is 0 Å². The largest absolute Gasteiger partial charge is 0.481 e. The molecule has 0 aliphatic heterocycles. The first-order chi connectivity index (χ1) is 6.77. The molecule has 0 saturated carbocycles. The molecule has 9 heteroatoms. The number of aliphatic carboxylic acids is 3. The molecule has 3 unspecified atom stereocenters. The predicted molar refractivity (Wildman–Crippen MR) is 46.0 cm³/mol. The topological polar surface area (TPSA) is 149 Å². The Labute approximate surface area is 84.0 Å². The first-order valence-corrected chi connectivity index (χ1v) is 5.10. The van der Waals surface area contributed by atoms with Crippen molar-refractivity contribution in [3.63, 3.8) is 0 Å². The molecule has 3 atom stereocenters. The van der Waals surface area contributed by atoms with Gasteiger partial charge in [-0.15, -0.1) is 0 Å². The highest BCUT2D eigenvalue weighted by molar-refractivity contribution is 7.40. The van der Waals surface area contributed by atoms with Crippen LogP contribution in [0.1, 0.15) is 6.42 Å². The first-order valence-electron chi connectivity index (χ1n) is 3.67. The fraction of sp³-hybridized carbons (Fsp3) is 0.500. The molecular weight excluding hydrogens is 231 g/mol. The van der Waals surface area contributed by atoms with Gasteiger partial charge in [0.15, 0.2) is 0 Å². The Morgan fingerprint density at radius 2 is 1.53 bits per heavy atom. The average Bonchev–Trinajstić information content (AvgIpc) is 2.00. The molecule has 0 bridgehead atoms. The quantitative estimate of drug-likeness (QED) is 0.435. The fourth-order valence-corrected chi connectivity index (χ4v) is 1.80. The van der Waals surface area contributed by atoms with E-state index in [-0.39, 0.29) is 0 Å². The van der Waals surface area contributed by atoms with Crippen LogP contribution in [0.4, 0.5) is 0 Å². The van der Waals surface area contributed by atoms with Gasteiger partial charge in [0, 0.05) is 0 Å². The average molecular weight is 240 g/mol. The van der Waals surface area contributed by atoms with E-state index in [9.17, 15) is 18.9 Å². The summed E-state index contributed by atoms with van der Waals surface area (Å²) in [6.45, 7) is 0. The van der Waals surface area contributed by atoms with Gasteiger partial charge in [-0.1, -0.05) is 0 Å². The molecule has 15 heavy (non-hydrogen) atoms. The second kappa shape index (κ2) is 5.47. The number of hydrogen-bond acceptors (Lipinski definition) is 4. The van der Waals surface area contributed by atoms with Crippen molar-refractivity contribution < 1.29 is 39.2 Å². The summed E-state index contributed by atoms with van der Waals surface area (Å²) in [5.74, 6) is -6.97. The Kier molecular flexibility index (Phi) is 4.96. The summed E-state index contributed by atoms with van der Waals surface area (Å²) in [5.41, 5.74) is -2.08. The lowest BCUT2D eigenvalue weighted by Crippen LogP contribution is -2.34. The summed E-state index contributed by atoms with van der Waals surface area (Å²) in [6.07, 6.45) is -1.01. The normalized spacial score (nSPS) is 16.3. The number of hydrogen-bond donors (Lipinski definition) is 4. The van der Waals surface area contributed by atoms with Crippen LogP contribution in [0.3, 0.4) is 0 Å². The number of carboxylic acids is 3. The molecule has 0 fully saturated rings. The minimum atomic E-state index is -3.65. The van der Waals surface area contributed by atoms with Crippen LogP contribution in [0.5, 0.6) is 0 Å². The Hall–Kier alpha value is -1.40. The van der Waals surface area contributed by atoms with Crippen LogP contribution in [-0.4, -0.2) is 43.8 Å². The zero-order valence-corrected chi connectivity index (χ0v) is 8.28. The van der Waals surface area contributed by atoms with Crippen LogP contribution in [0, 0.1) is 5.92 Å². The molecular formula is C6H9O8P. The zero-order valence-electron chi connectivity index (χ0n) is 7.28.